The number of β-lactam (4-membered cyclic amide) rings is 1. The van der Waals surface area contributed by atoms with Crippen LogP contribution in [-0.4, -0.2) is 57.2 Å². The van der Waals surface area contributed by atoms with E-state index in [1.807, 2.05) is 60.7 Å². The maximum atomic E-state index is 14.1. The molecule has 12 heteroatoms. The molecule has 3 aromatic carbocycles. The fraction of sp³-hybridized carbons (Fsp3) is 0.242. The molecule has 2 heterocycles. The number of amides is 1. The number of thioether (sulfide) groups is 1. The predicted octanol–water partition coefficient (Wildman–Crippen LogP) is 5.12. The molecule has 0 saturated carbocycles. The molecule has 2 atom stereocenters. The molecule has 0 spiro atoms. The first-order chi connectivity index (χ1) is 21.7. The fourth-order valence-corrected chi connectivity index (χ4v) is 6.72. The summed E-state index contributed by atoms with van der Waals surface area (Å²) in [5, 5.41) is 19.8. The zero-order chi connectivity index (χ0) is 32.0. The van der Waals surface area contributed by atoms with Crippen LogP contribution in [0.2, 0.25) is 0 Å². The van der Waals surface area contributed by atoms with Gasteiger partial charge in [-0.15, -0.1) is 11.8 Å². The molecule has 0 aliphatic carbocycles. The first-order valence-corrected chi connectivity index (χ1v) is 15.1. The van der Waals surface area contributed by atoms with Crippen molar-refractivity contribution >= 4 is 41.5 Å². The molecule has 1 saturated heterocycles. The van der Waals surface area contributed by atoms with Crippen LogP contribution >= 0.6 is 11.8 Å². The van der Waals surface area contributed by atoms with E-state index in [0.717, 1.165) is 11.1 Å². The van der Waals surface area contributed by atoms with Gasteiger partial charge < -0.3 is 9.47 Å². The maximum Gasteiger partial charge on any atom is 0.356 e. The van der Waals surface area contributed by atoms with Gasteiger partial charge in [-0.05, 0) is 35.2 Å². The van der Waals surface area contributed by atoms with E-state index in [4.69, 9.17) is 9.47 Å². The zero-order valence-corrected chi connectivity index (χ0v) is 25.0. The van der Waals surface area contributed by atoms with Crippen molar-refractivity contribution in [3.63, 3.8) is 0 Å². The Morgan fingerprint density at radius 2 is 1.73 bits per heavy atom. The summed E-state index contributed by atoms with van der Waals surface area (Å²) < 4.78 is 11.4. The smallest absolute Gasteiger partial charge is 0.356 e. The van der Waals surface area contributed by atoms with Gasteiger partial charge in [-0.1, -0.05) is 60.7 Å². The molecule has 0 unspecified atom stereocenters. The molecule has 2 aliphatic rings. The van der Waals surface area contributed by atoms with E-state index in [1.54, 1.807) is 0 Å². The van der Waals surface area contributed by atoms with Crippen LogP contribution in [0.5, 0.6) is 0 Å². The van der Waals surface area contributed by atoms with Gasteiger partial charge in [-0.25, -0.2) is 4.79 Å². The number of rotatable bonds is 11. The molecule has 5 rings (SSSR count). The summed E-state index contributed by atoms with van der Waals surface area (Å²) in [5.41, 5.74) is 0.942. The Bertz CT molecular complexity index is 1660. The lowest BCUT2D eigenvalue weighted by molar-refractivity contribution is -0.384. The van der Waals surface area contributed by atoms with Crippen molar-refractivity contribution in [2.24, 2.45) is 4.99 Å². The average Bonchev–Trinajstić information content (AvgIpc) is 3.06. The number of ether oxygens (including phenoxy) is 2. The summed E-state index contributed by atoms with van der Waals surface area (Å²) in [7, 11) is 0. The van der Waals surface area contributed by atoms with Gasteiger partial charge in [-0.3, -0.25) is 29.6 Å². The Hall–Kier alpha value is -5.28. The molecule has 0 radical (unpaired) electrons. The molecule has 11 nitrogen and oxygen atoms in total. The van der Waals surface area contributed by atoms with Crippen LogP contribution in [0.1, 0.15) is 42.6 Å². The largest absolute Gasteiger partial charge is 0.461 e. The highest BCUT2D eigenvalue weighted by atomic mass is 32.2. The van der Waals surface area contributed by atoms with Gasteiger partial charge in [0.25, 0.3) is 11.6 Å². The van der Waals surface area contributed by atoms with Crippen LogP contribution in [0, 0.1) is 21.4 Å². The number of nitriles is 1. The van der Waals surface area contributed by atoms with Crippen LogP contribution in [0.25, 0.3) is 0 Å². The number of non-ortho nitro benzene ring substituents is 1. The molecule has 45 heavy (non-hydrogen) atoms. The van der Waals surface area contributed by atoms with Gasteiger partial charge in [0.2, 0.25) is 0 Å². The molecule has 1 amide bonds. The molecular formula is C33H28N4O7S. The van der Waals surface area contributed by atoms with E-state index in [0.29, 0.717) is 11.1 Å². The number of aliphatic imine (C=N–C) groups is 1. The lowest BCUT2D eigenvalue weighted by Gasteiger charge is -2.55. The number of nitrogens with zero attached hydrogens (tertiary/aromatic N) is 4. The zero-order valence-electron chi connectivity index (χ0n) is 24.2. The lowest BCUT2D eigenvalue weighted by atomic mass is 9.82. The van der Waals surface area contributed by atoms with Crippen LogP contribution in [-0.2, 0) is 23.9 Å². The van der Waals surface area contributed by atoms with E-state index in [2.05, 4.69) is 11.1 Å². The van der Waals surface area contributed by atoms with Gasteiger partial charge in [0.05, 0.1) is 11.0 Å². The molecule has 1 fully saturated rings. The maximum absolute atomic E-state index is 14.1. The van der Waals surface area contributed by atoms with Gasteiger partial charge in [0.1, 0.15) is 17.7 Å². The van der Waals surface area contributed by atoms with Gasteiger partial charge >= 0.3 is 11.9 Å². The minimum Gasteiger partial charge on any atom is -0.461 e. The van der Waals surface area contributed by atoms with E-state index >= 15 is 0 Å². The number of hydrogen-bond acceptors (Lipinski definition) is 10. The predicted molar refractivity (Wildman–Crippen MR) is 166 cm³/mol. The van der Waals surface area contributed by atoms with Crippen LogP contribution in [0.4, 0.5) is 5.69 Å². The molecule has 3 aromatic rings. The number of carbonyl (C=O) groups is 3. The number of benzene rings is 3. The highest BCUT2D eigenvalue weighted by molar-refractivity contribution is 8.00. The Balaban J connectivity index is 1.50. The summed E-state index contributed by atoms with van der Waals surface area (Å²) in [6.45, 7) is 1.05. The number of fused-ring (bicyclic) bond motifs is 1. The molecule has 0 N–H and O–H groups in total. The second-order valence-electron chi connectivity index (χ2n) is 10.4. The monoisotopic (exact) mass is 624 g/mol. The highest BCUT2D eigenvalue weighted by Gasteiger charge is 2.64. The minimum absolute atomic E-state index is 0.0139. The topological polar surface area (TPSA) is 152 Å². The number of esters is 2. The van der Waals surface area contributed by atoms with Crippen LogP contribution in [0.15, 0.2) is 101 Å². The van der Waals surface area contributed by atoms with Crippen molar-refractivity contribution in [1.29, 1.82) is 5.26 Å². The molecular weight excluding hydrogens is 596 g/mol. The standard InChI is InChI=1S/C33H28N4O7S/c1-22(38)43-20-26-21-45-32-33(17-8-18-34,35-19-23-13-15-27(16-14-23)37(41)42)31(40)36(32)28(26)30(39)44-29(24-9-4-2-5-10-24)25-11-6-3-7-12-25/h2-7,9-16,19,29,32H,8,17,20-21H2,1H3/t32-,33+/m1/s1. The van der Waals surface area contributed by atoms with Crippen molar-refractivity contribution < 1.29 is 28.8 Å². The first-order valence-electron chi connectivity index (χ1n) is 14.0. The second kappa shape index (κ2) is 13.6. The molecule has 0 aromatic heterocycles. The summed E-state index contributed by atoms with van der Waals surface area (Å²) in [6.07, 6.45) is 0.795. The summed E-state index contributed by atoms with van der Waals surface area (Å²) in [5.74, 6) is -1.56. The minimum atomic E-state index is -1.36. The first kappa shape index (κ1) is 31.2. The van der Waals surface area contributed by atoms with Crippen molar-refractivity contribution in [3.8, 4) is 6.07 Å². The SMILES string of the molecule is CC(=O)OCC1=C(C(=O)OC(c2ccccc2)c2ccccc2)N2C(=O)[C@](CCC#N)(N=Cc3ccc([N+](=O)[O-])cc3)[C@H]2SC1. The van der Waals surface area contributed by atoms with Gasteiger partial charge in [0, 0.05) is 43.0 Å². The number of carbonyl (C=O) groups excluding carboxylic acids is 3. The normalized spacial score (nSPS) is 19.1. The van der Waals surface area contributed by atoms with Crippen LogP contribution < -0.4 is 0 Å². The van der Waals surface area contributed by atoms with Crippen molar-refractivity contribution in [2.75, 3.05) is 12.4 Å². The van der Waals surface area contributed by atoms with Crippen LogP contribution in [0.3, 0.4) is 0 Å². The third-order valence-electron chi connectivity index (χ3n) is 7.46. The van der Waals surface area contributed by atoms with E-state index < -0.39 is 39.8 Å². The van der Waals surface area contributed by atoms with Crippen molar-refractivity contribution in [1.82, 2.24) is 4.90 Å². The lowest BCUT2D eigenvalue weighted by Crippen LogP contribution is -2.72. The Morgan fingerprint density at radius 1 is 1.11 bits per heavy atom. The number of nitro benzene ring substituents is 1. The molecule has 228 valence electrons. The van der Waals surface area contributed by atoms with Gasteiger partial charge in [-0.2, -0.15) is 5.26 Å². The third kappa shape index (κ3) is 6.49. The van der Waals surface area contributed by atoms with Gasteiger partial charge in [0.15, 0.2) is 11.6 Å². The average molecular weight is 625 g/mol. The fourth-order valence-electron chi connectivity index (χ4n) is 5.24. The highest BCUT2D eigenvalue weighted by Crippen LogP contribution is 2.51. The van der Waals surface area contributed by atoms with E-state index in [1.165, 1.54) is 54.1 Å². The summed E-state index contributed by atoms with van der Waals surface area (Å²) >= 11 is 1.34. The summed E-state index contributed by atoms with van der Waals surface area (Å²) in [6, 6.07) is 26.2. The summed E-state index contributed by atoms with van der Waals surface area (Å²) in [4.78, 5) is 56.3. The number of hydrogen-bond donors (Lipinski definition) is 0. The third-order valence-corrected chi connectivity index (χ3v) is 8.89. The van der Waals surface area contributed by atoms with Crippen molar-refractivity contribution in [2.45, 2.75) is 36.8 Å². The Morgan fingerprint density at radius 3 is 2.29 bits per heavy atom. The van der Waals surface area contributed by atoms with Crippen molar-refractivity contribution in [3.05, 3.63) is 123 Å². The quantitative estimate of drug-likeness (QED) is 0.0930. The Labute approximate surface area is 263 Å². The number of nitro groups is 1. The Kier molecular flexibility index (Phi) is 9.39. The molecule has 2 aliphatic heterocycles. The van der Waals surface area contributed by atoms with E-state index in [-0.39, 0.29) is 36.6 Å². The molecule has 0 bridgehead atoms. The van der Waals surface area contributed by atoms with E-state index in [9.17, 15) is 29.8 Å². The second-order valence-corrected chi connectivity index (χ2v) is 11.4.